The number of aromatic nitrogens is 1. The standard InChI is InChI=1S/C72H107N17O18S2/c1-6-8-18-49-64(99)85-53(34-60(95)96)68(103)88-61(40(3)7-2)70(105)86-52(33-44-35-78-47-19-13-12-17-46(44)47)67(102)83-50(23-25-56(73)90)65(100)82-51(24-26-59(93)94)66(101)87-54(62(74)97)39-109-38-43-30-42(37-108-5)31-45(32-43)107-29-14-10-9-11-22-57(91)79-36-58(92)81-48(20-15-27-77-72(75)76)63(98)80-41(4)71(106)89-28-16-21-55(89)69(104)84-49/h12-13,17,19,30-32,35,40-41,48-55,61,78H,6-11,14-16,18,20-29,33-34,36-39H2,1-5H3,(H2,73,90)(H2,74,97)(H,79,91)(H,80,98)(H,81,92)(H,82,100)(H,83,102)(H,84,104)(H,85,99)(H,86,105)(H,87,101)(H,88,103)(H,93,94)(H,95,96)(H4,75,76,77)/t40-,41-,48-,49-,50-,51-,52-,53-,54-,55-,61-/m0/s1. The molecule has 0 radical (unpaired) electrons. The smallest absolute Gasteiger partial charge is 0.305 e. The summed E-state index contributed by atoms with van der Waals surface area (Å²) in [7, 11) is 0. The van der Waals surface area contributed by atoms with E-state index in [0.29, 0.717) is 85.3 Å². The number of unbranched alkanes of at least 4 members (excludes halogenated alkanes) is 1. The number of amides is 13. The fraction of sp³-hybridized carbons (Fsp3) is 0.583. The molecule has 109 heavy (non-hydrogen) atoms. The number of guanidine groups is 1. The first-order valence-corrected chi connectivity index (χ1v) is 39.2. The first kappa shape index (κ1) is 89.4. The van der Waals surface area contributed by atoms with Crippen LogP contribution >= 0.6 is 23.5 Å². The lowest BCUT2D eigenvalue weighted by atomic mass is 9.96. The van der Waals surface area contributed by atoms with E-state index in [1.165, 1.54) is 23.6 Å². The number of para-hydroxylation sites is 1. The van der Waals surface area contributed by atoms with E-state index >= 15 is 0 Å². The van der Waals surface area contributed by atoms with Gasteiger partial charge in [-0.25, -0.2) is 0 Å². The number of H-pyrrole nitrogens is 1. The van der Waals surface area contributed by atoms with Gasteiger partial charge in [-0.05, 0) is 112 Å². The zero-order valence-corrected chi connectivity index (χ0v) is 63.9. The topological polar surface area (TPSA) is 562 Å². The lowest BCUT2D eigenvalue weighted by Gasteiger charge is -2.30. The van der Waals surface area contributed by atoms with Crippen molar-refractivity contribution in [2.24, 2.45) is 33.8 Å². The Bertz CT molecular complexity index is 3710. The number of nitrogens with zero attached hydrogens (tertiary/aromatic N) is 2. The summed E-state index contributed by atoms with van der Waals surface area (Å²) in [5.74, 6) is -14.1. The van der Waals surface area contributed by atoms with E-state index in [9.17, 15) is 82.1 Å². The van der Waals surface area contributed by atoms with Gasteiger partial charge < -0.3 is 101 Å². The fourth-order valence-electron chi connectivity index (χ4n) is 12.2. The minimum absolute atomic E-state index is 0.00305. The van der Waals surface area contributed by atoms with E-state index < -0.39 is 194 Å². The normalized spacial score (nSPS) is 23.6. The third-order valence-electron chi connectivity index (χ3n) is 18.3. The second kappa shape index (κ2) is 46.2. The second-order valence-electron chi connectivity index (χ2n) is 27.1. The summed E-state index contributed by atoms with van der Waals surface area (Å²) in [6.07, 6.45) is 4.03. The molecular weight excluding hydrogens is 1460 g/mol. The maximum atomic E-state index is 14.9. The third-order valence-corrected chi connectivity index (χ3v) is 20.1. The molecule has 1 aromatic heterocycles. The van der Waals surface area contributed by atoms with E-state index in [1.54, 1.807) is 63.0 Å². The number of aliphatic carboxylic acids is 2. The molecule has 0 spiro atoms. The predicted molar refractivity (Wildman–Crippen MR) is 407 cm³/mol. The van der Waals surface area contributed by atoms with Crippen LogP contribution in [0.4, 0.5) is 0 Å². The van der Waals surface area contributed by atoms with Crippen LogP contribution in [0.2, 0.25) is 0 Å². The number of carbonyl (C=O) groups excluding carboxylic acids is 13. The van der Waals surface area contributed by atoms with Crippen LogP contribution in [0, 0.1) is 5.92 Å². The number of carboxylic acids is 2. The molecule has 3 aromatic rings. The zero-order chi connectivity index (χ0) is 80.3. The lowest BCUT2D eigenvalue weighted by molar-refractivity contribution is -0.143. The van der Waals surface area contributed by atoms with Crippen LogP contribution in [0.1, 0.15) is 160 Å². The summed E-state index contributed by atoms with van der Waals surface area (Å²) < 4.78 is 6.17. The Balaban J connectivity index is 1.50. The first-order valence-electron chi connectivity index (χ1n) is 36.6. The molecule has 0 saturated carbocycles. The Labute approximate surface area is 640 Å². The molecule has 1 saturated heterocycles. The van der Waals surface area contributed by atoms with Crippen molar-refractivity contribution in [3.8, 4) is 5.75 Å². The zero-order valence-electron chi connectivity index (χ0n) is 62.3. The largest absolute Gasteiger partial charge is 0.494 e. The summed E-state index contributed by atoms with van der Waals surface area (Å²) in [5, 5.41) is 46.3. The average Bonchev–Trinajstić information content (AvgIpc) is 1.73. The molecule has 3 heterocycles. The number of aromatic amines is 1. The summed E-state index contributed by atoms with van der Waals surface area (Å²) in [6.45, 7) is 6.41. The molecule has 11 atom stereocenters. The number of carboxylic acid groups (broad SMARTS) is 2. The van der Waals surface area contributed by atoms with Gasteiger partial charge in [0, 0.05) is 73.1 Å². The van der Waals surface area contributed by atoms with Gasteiger partial charge in [0.15, 0.2) is 5.96 Å². The molecule has 1 fully saturated rings. The number of nitrogens with one attached hydrogen (secondary N) is 11. The number of hydrogen-bond acceptors (Lipinski definition) is 19. The maximum Gasteiger partial charge on any atom is 0.305 e. The Morgan fingerprint density at radius 1 is 0.670 bits per heavy atom. The van der Waals surface area contributed by atoms with E-state index in [-0.39, 0.29) is 69.7 Å². The molecule has 2 aromatic carbocycles. The predicted octanol–water partition coefficient (Wildman–Crippen LogP) is -0.280. The molecule has 13 amide bonds. The van der Waals surface area contributed by atoms with Crippen LogP contribution in [0.25, 0.3) is 10.9 Å². The van der Waals surface area contributed by atoms with Crippen LogP contribution in [0.15, 0.2) is 53.7 Å². The van der Waals surface area contributed by atoms with Gasteiger partial charge in [0.05, 0.1) is 19.6 Å². The SMILES string of the molecule is CCCC[C@@H]1NC(=O)[C@@H]2CCCN2C(=O)[C@H](C)NC(=O)[C@H](CCCN=C(N)N)NC(=O)CNC(=O)CCCCCCOc2cc(CSC)cc(c2)CSC[C@@H](C(N)=O)NC(=O)[C@H](CCC(=O)O)NC(=O)[C@H](CCC(N)=O)NC(=O)[C@H](Cc2c[nH]c3ccccc23)NC(=O)[C@H]([C@@H](C)CC)NC(=O)[C@H](CC(=O)O)NC1=O. The second-order valence-corrected chi connectivity index (χ2v) is 29.0. The van der Waals surface area contributed by atoms with E-state index in [1.807, 2.05) is 24.5 Å². The van der Waals surface area contributed by atoms with E-state index in [0.717, 1.165) is 11.1 Å². The van der Waals surface area contributed by atoms with Gasteiger partial charge in [-0.2, -0.15) is 23.5 Å². The molecule has 2 bridgehead atoms. The number of nitrogens with two attached hydrogens (primary N) is 4. The van der Waals surface area contributed by atoms with Crippen LogP contribution in [-0.2, 0) is 89.8 Å². The molecule has 2 aliphatic heterocycles. The van der Waals surface area contributed by atoms with Crippen molar-refractivity contribution in [2.45, 2.75) is 222 Å². The third kappa shape index (κ3) is 30.8. The highest BCUT2D eigenvalue weighted by Crippen LogP contribution is 2.26. The number of fused-ring (bicyclic) bond motifs is 4. The van der Waals surface area contributed by atoms with E-state index in [4.69, 9.17) is 27.7 Å². The number of rotatable bonds is 22. The van der Waals surface area contributed by atoms with Crippen LogP contribution in [-0.4, -0.2) is 213 Å². The summed E-state index contributed by atoms with van der Waals surface area (Å²) >= 11 is 2.80. The Morgan fingerprint density at radius 2 is 1.28 bits per heavy atom. The van der Waals surface area contributed by atoms with Crippen LogP contribution in [0.5, 0.6) is 5.75 Å². The monoisotopic (exact) mass is 1560 g/mol. The van der Waals surface area contributed by atoms with Gasteiger partial charge in [0.25, 0.3) is 0 Å². The van der Waals surface area contributed by atoms with Gasteiger partial charge >= 0.3 is 11.9 Å². The average molecular weight is 1560 g/mol. The van der Waals surface area contributed by atoms with Gasteiger partial charge in [-0.1, -0.05) is 77.1 Å². The minimum atomic E-state index is -1.91. The molecular formula is C72H107N17O18S2. The number of hydrogen-bond donors (Lipinski definition) is 17. The molecule has 0 aliphatic carbocycles. The van der Waals surface area contributed by atoms with Crippen molar-refractivity contribution in [2.75, 3.05) is 38.2 Å². The molecule has 2 aliphatic rings. The molecule has 37 heteroatoms. The van der Waals surface area contributed by atoms with Crippen LogP contribution in [0.3, 0.4) is 0 Å². The Morgan fingerprint density at radius 3 is 1.94 bits per heavy atom. The number of aliphatic imine (C=N–C) groups is 1. The first-order chi connectivity index (χ1) is 51.9. The lowest BCUT2D eigenvalue weighted by Crippen LogP contribution is -2.61. The van der Waals surface area contributed by atoms with Gasteiger partial charge in [-0.3, -0.25) is 76.9 Å². The Kier molecular flexibility index (Phi) is 37.9. The number of thioether (sulfide) groups is 2. The van der Waals surface area contributed by atoms with Crippen molar-refractivity contribution < 1.29 is 86.9 Å². The summed E-state index contributed by atoms with van der Waals surface area (Å²) in [5.41, 5.74) is 25.2. The summed E-state index contributed by atoms with van der Waals surface area (Å²) in [4.78, 5) is 215. The van der Waals surface area contributed by atoms with Crippen molar-refractivity contribution in [1.82, 2.24) is 63.1 Å². The molecule has 21 N–H and O–H groups in total. The van der Waals surface area contributed by atoms with Gasteiger partial charge in [0.1, 0.15) is 66.2 Å². The van der Waals surface area contributed by atoms with Crippen LogP contribution < -0.4 is 80.8 Å². The maximum absolute atomic E-state index is 14.9. The molecule has 0 unspecified atom stereocenters. The van der Waals surface area contributed by atoms with Crippen molar-refractivity contribution in [3.05, 3.63) is 65.4 Å². The number of ether oxygens (including phenoxy) is 1. The number of carbonyl (C=O) groups is 15. The fourth-order valence-corrected chi connectivity index (χ4v) is 13.7. The highest BCUT2D eigenvalue weighted by Gasteiger charge is 2.41. The van der Waals surface area contributed by atoms with Crippen molar-refractivity contribution in [3.63, 3.8) is 0 Å². The Hall–Kier alpha value is -10.2. The van der Waals surface area contributed by atoms with E-state index in [2.05, 4.69) is 63.1 Å². The molecule has 35 nitrogen and oxygen atoms in total. The number of benzene rings is 2. The van der Waals surface area contributed by atoms with Gasteiger partial charge in [-0.15, -0.1) is 0 Å². The van der Waals surface area contributed by atoms with Crippen molar-refractivity contribution in [1.29, 1.82) is 0 Å². The molecule has 600 valence electrons. The highest BCUT2D eigenvalue weighted by atomic mass is 32.2. The minimum Gasteiger partial charge on any atom is -0.494 e. The number of primary amides is 2. The highest BCUT2D eigenvalue weighted by molar-refractivity contribution is 7.98. The quantitative estimate of drug-likeness (QED) is 0.0349. The summed E-state index contributed by atoms with van der Waals surface area (Å²) in [6, 6.07) is -2.42. The van der Waals surface area contributed by atoms with Crippen molar-refractivity contribution >= 4 is 129 Å². The molecule has 5 rings (SSSR count). The van der Waals surface area contributed by atoms with Gasteiger partial charge in [0.2, 0.25) is 76.8 Å².